The Morgan fingerprint density at radius 3 is 2.71 bits per heavy atom. The number of fused-ring (bicyclic) bond motifs is 1. The van der Waals surface area contributed by atoms with Gasteiger partial charge in [0.2, 0.25) is 0 Å². The molecule has 0 bridgehead atoms. The molecule has 1 aliphatic rings. The van der Waals surface area contributed by atoms with Crippen molar-refractivity contribution in [3.8, 4) is 0 Å². The lowest BCUT2D eigenvalue weighted by Gasteiger charge is -2.31. The fraction of sp³-hybridized carbons (Fsp3) is 0.304. The topological polar surface area (TPSA) is 38.1 Å². The number of aryl methyl sites for hydroxylation is 4. The molecule has 3 aromatic rings. The standard InChI is InChI=1S/C23H24ClN3O/c1-15-10-21(24)13-19-8-5-9-26(22(15)19)23(28)20-7-4-6-18(12-20)14-27-17(3)11-16(2)25-27/h4,6-7,10-13H,5,8-9,14H2,1-3H3. The van der Waals surface area contributed by atoms with E-state index >= 15 is 0 Å². The molecule has 1 aromatic heterocycles. The van der Waals surface area contributed by atoms with Crippen LogP contribution in [0.25, 0.3) is 0 Å². The number of benzene rings is 2. The predicted octanol–water partition coefficient (Wildman–Crippen LogP) is 5.10. The number of aromatic nitrogens is 2. The number of rotatable bonds is 3. The van der Waals surface area contributed by atoms with Gasteiger partial charge in [0.25, 0.3) is 5.91 Å². The van der Waals surface area contributed by atoms with Gasteiger partial charge in [0.1, 0.15) is 0 Å². The number of halogens is 1. The fourth-order valence-corrected chi connectivity index (χ4v) is 4.39. The minimum absolute atomic E-state index is 0.0431. The maximum absolute atomic E-state index is 13.3. The van der Waals surface area contributed by atoms with Crippen molar-refractivity contribution in [1.29, 1.82) is 0 Å². The lowest BCUT2D eigenvalue weighted by molar-refractivity contribution is 0.0985. The lowest BCUT2D eigenvalue weighted by Crippen LogP contribution is -2.36. The molecule has 4 rings (SSSR count). The summed E-state index contributed by atoms with van der Waals surface area (Å²) in [7, 11) is 0. The molecule has 4 nitrogen and oxygen atoms in total. The van der Waals surface area contributed by atoms with Crippen molar-refractivity contribution < 1.29 is 4.79 Å². The van der Waals surface area contributed by atoms with E-state index in [0.717, 1.165) is 58.2 Å². The summed E-state index contributed by atoms with van der Waals surface area (Å²) < 4.78 is 1.97. The van der Waals surface area contributed by atoms with Gasteiger partial charge in [-0.25, -0.2) is 0 Å². The highest BCUT2D eigenvalue weighted by atomic mass is 35.5. The van der Waals surface area contributed by atoms with E-state index in [1.165, 1.54) is 0 Å². The molecule has 2 heterocycles. The number of carbonyl (C=O) groups is 1. The molecule has 0 saturated carbocycles. The zero-order valence-electron chi connectivity index (χ0n) is 16.5. The van der Waals surface area contributed by atoms with Gasteiger partial charge in [0.05, 0.1) is 17.9 Å². The van der Waals surface area contributed by atoms with E-state index in [9.17, 15) is 4.79 Å². The number of nitrogens with zero attached hydrogens (tertiary/aromatic N) is 3. The zero-order valence-corrected chi connectivity index (χ0v) is 17.3. The Bertz CT molecular complexity index is 1050. The van der Waals surface area contributed by atoms with Crippen molar-refractivity contribution >= 4 is 23.2 Å². The fourth-order valence-electron chi connectivity index (χ4n) is 4.09. The van der Waals surface area contributed by atoms with Crippen LogP contribution in [0.2, 0.25) is 5.02 Å². The van der Waals surface area contributed by atoms with Crippen LogP contribution in [0.5, 0.6) is 0 Å². The molecule has 0 atom stereocenters. The van der Waals surface area contributed by atoms with Gasteiger partial charge in [-0.05, 0) is 80.6 Å². The van der Waals surface area contributed by atoms with Crippen LogP contribution in [0.1, 0.15) is 44.9 Å². The molecule has 0 radical (unpaired) electrons. The summed E-state index contributed by atoms with van der Waals surface area (Å²) in [6.45, 7) is 7.46. The smallest absolute Gasteiger partial charge is 0.258 e. The van der Waals surface area contributed by atoms with Crippen LogP contribution in [-0.2, 0) is 13.0 Å². The summed E-state index contributed by atoms with van der Waals surface area (Å²) >= 11 is 6.23. The number of carbonyl (C=O) groups excluding carboxylic acids is 1. The third-order valence-corrected chi connectivity index (χ3v) is 5.51. The first-order valence-electron chi connectivity index (χ1n) is 9.63. The van der Waals surface area contributed by atoms with Crippen LogP contribution in [0.15, 0.2) is 42.5 Å². The van der Waals surface area contributed by atoms with Gasteiger partial charge in [-0.2, -0.15) is 5.10 Å². The van der Waals surface area contributed by atoms with E-state index in [-0.39, 0.29) is 5.91 Å². The van der Waals surface area contributed by atoms with Crippen LogP contribution in [0, 0.1) is 20.8 Å². The zero-order chi connectivity index (χ0) is 19.8. The average Bonchev–Trinajstić information content (AvgIpc) is 2.97. The molecular formula is C23H24ClN3O. The largest absolute Gasteiger partial charge is 0.308 e. The number of hydrogen-bond donors (Lipinski definition) is 0. The second kappa shape index (κ2) is 7.44. The molecule has 0 N–H and O–H groups in total. The van der Waals surface area contributed by atoms with Gasteiger partial charge < -0.3 is 4.90 Å². The molecule has 0 saturated heterocycles. The number of amides is 1. The minimum atomic E-state index is 0.0431. The molecule has 144 valence electrons. The first-order chi connectivity index (χ1) is 13.4. The summed E-state index contributed by atoms with van der Waals surface area (Å²) in [5.74, 6) is 0.0431. The van der Waals surface area contributed by atoms with Crippen LogP contribution < -0.4 is 4.90 Å². The maximum Gasteiger partial charge on any atom is 0.258 e. The maximum atomic E-state index is 13.3. The van der Waals surface area contributed by atoms with Gasteiger partial charge in [-0.1, -0.05) is 23.7 Å². The molecule has 28 heavy (non-hydrogen) atoms. The van der Waals surface area contributed by atoms with Gasteiger partial charge in [-0.3, -0.25) is 9.48 Å². The van der Waals surface area contributed by atoms with Crippen LogP contribution in [-0.4, -0.2) is 22.2 Å². The van der Waals surface area contributed by atoms with Gasteiger partial charge >= 0.3 is 0 Å². The highest BCUT2D eigenvalue weighted by Crippen LogP contribution is 2.34. The Labute approximate surface area is 170 Å². The van der Waals surface area contributed by atoms with E-state index in [2.05, 4.69) is 11.2 Å². The second-order valence-corrected chi connectivity index (χ2v) is 8.01. The van der Waals surface area contributed by atoms with Crippen LogP contribution in [0.4, 0.5) is 5.69 Å². The minimum Gasteiger partial charge on any atom is -0.308 e. The monoisotopic (exact) mass is 393 g/mol. The molecular weight excluding hydrogens is 370 g/mol. The Morgan fingerprint density at radius 1 is 1.14 bits per heavy atom. The quantitative estimate of drug-likeness (QED) is 0.620. The number of hydrogen-bond acceptors (Lipinski definition) is 2. The third kappa shape index (κ3) is 3.57. The molecule has 1 amide bonds. The van der Waals surface area contributed by atoms with Gasteiger partial charge in [-0.15, -0.1) is 0 Å². The van der Waals surface area contributed by atoms with E-state index in [1.54, 1.807) is 0 Å². The van der Waals surface area contributed by atoms with Crippen LogP contribution in [0.3, 0.4) is 0 Å². The van der Waals surface area contributed by atoms with Crippen molar-refractivity contribution in [3.63, 3.8) is 0 Å². The molecule has 0 fully saturated rings. The Kier molecular flexibility index (Phi) is 4.98. The highest BCUT2D eigenvalue weighted by Gasteiger charge is 2.25. The van der Waals surface area contributed by atoms with Crippen molar-refractivity contribution in [2.45, 2.75) is 40.2 Å². The SMILES string of the molecule is Cc1cc(C)n(Cc2cccc(C(=O)N3CCCc4cc(Cl)cc(C)c43)c2)n1. The van der Waals surface area contributed by atoms with Crippen molar-refractivity contribution in [2.24, 2.45) is 0 Å². The van der Waals surface area contributed by atoms with Crippen molar-refractivity contribution in [2.75, 3.05) is 11.4 Å². The third-order valence-electron chi connectivity index (χ3n) is 5.30. The first-order valence-corrected chi connectivity index (χ1v) is 10.0. The van der Waals surface area contributed by atoms with Gasteiger partial charge in [0, 0.05) is 22.8 Å². The normalized spacial score (nSPS) is 13.5. The molecule has 0 aliphatic carbocycles. The average molecular weight is 394 g/mol. The van der Waals surface area contributed by atoms with Crippen molar-refractivity contribution in [3.05, 3.63) is 81.1 Å². The van der Waals surface area contributed by atoms with Gasteiger partial charge in [0.15, 0.2) is 0 Å². The highest BCUT2D eigenvalue weighted by molar-refractivity contribution is 6.31. The molecule has 0 spiro atoms. The van der Waals surface area contributed by atoms with Crippen LogP contribution >= 0.6 is 11.6 Å². The summed E-state index contributed by atoms with van der Waals surface area (Å²) in [6, 6.07) is 13.9. The summed E-state index contributed by atoms with van der Waals surface area (Å²) in [6.07, 6.45) is 1.91. The van der Waals surface area contributed by atoms with E-state index in [1.807, 2.05) is 66.8 Å². The predicted molar refractivity (Wildman–Crippen MR) is 113 cm³/mol. The molecule has 2 aromatic carbocycles. The lowest BCUT2D eigenvalue weighted by atomic mass is 9.97. The Balaban J connectivity index is 1.64. The summed E-state index contributed by atoms with van der Waals surface area (Å²) in [4.78, 5) is 15.3. The summed E-state index contributed by atoms with van der Waals surface area (Å²) in [5, 5.41) is 5.26. The number of anilines is 1. The molecule has 0 unspecified atom stereocenters. The van der Waals surface area contributed by atoms with Crippen molar-refractivity contribution in [1.82, 2.24) is 9.78 Å². The first kappa shape index (κ1) is 18.8. The second-order valence-electron chi connectivity index (χ2n) is 7.58. The molecule has 5 heteroatoms. The molecule has 1 aliphatic heterocycles. The van der Waals surface area contributed by atoms with E-state index in [0.29, 0.717) is 12.1 Å². The summed E-state index contributed by atoms with van der Waals surface area (Å²) in [5.41, 5.74) is 7.13. The Morgan fingerprint density at radius 2 is 1.96 bits per heavy atom. The Hall–Kier alpha value is -2.59. The van der Waals surface area contributed by atoms with E-state index < -0.39 is 0 Å². The van der Waals surface area contributed by atoms with E-state index in [4.69, 9.17) is 11.6 Å².